The fraction of sp³-hybridized carbons (Fsp3) is 0.700. The summed E-state index contributed by atoms with van der Waals surface area (Å²) < 4.78 is 0. The standard InChI is InChI=1S/C20H31ClN4O2/c21-19(22)20(13-17-5-4-8-23-14-17)6-11-25(12-7-20)27-16-18(26)15-24-9-2-1-3-10-24/h4-5,8,14,18,22,26H,1-3,6-7,9-13,15-16H2. The van der Waals surface area contributed by atoms with E-state index in [-0.39, 0.29) is 10.6 Å². The van der Waals surface area contributed by atoms with E-state index in [4.69, 9.17) is 21.8 Å². The molecule has 7 heteroatoms. The lowest BCUT2D eigenvalue weighted by molar-refractivity contribution is -0.196. The molecule has 0 amide bonds. The van der Waals surface area contributed by atoms with E-state index in [1.165, 1.54) is 19.3 Å². The number of pyridine rings is 1. The molecule has 2 saturated heterocycles. The molecule has 0 spiro atoms. The third-order valence-electron chi connectivity index (χ3n) is 5.78. The number of likely N-dealkylation sites (tertiary alicyclic amines) is 1. The van der Waals surface area contributed by atoms with Crippen molar-refractivity contribution in [3.63, 3.8) is 0 Å². The summed E-state index contributed by atoms with van der Waals surface area (Å²) in [6.07, 6.45) is 9.17. The summed E-state index contributed by atoms with van der Waals surface area (Å²) in [5, 5.41) is 20.5. The zero-order valence-corrected chi connectivity index (χ0v) is 16.7. The monoisotopic (exact) mass is 394 g/mol. The molecular formula is C20H31ClN4O2. The van der Waals surface area contributed by atoms with Gasteiger partial charge in [-0.05, 0) is 56.8 Å². The molecule has 1 unspecified atom stereocenters. The number of nitrogens with zero attached hydrogens (tertiary/aromatic N) is 3. The van der Waals surface area contributed by atoms with Crippen LogP contribution in [0.2, 0.25) is 0 Å². The number of hydrogen-bond acceptors (Lipinski definition) is 6. The topological polar surface area (TPSA) is 72.7 Å². The van der Waals surface area contributed by atoms with Crippen molar-refractivity contribution >= 4 is 16.8 Å². The van der Waals surface area contributed by atoms with Crippen molar-refractivity contribution in [2.75, 3.05) is 39.3 Å². The average molecular weight is 395 g/mol. The molecule has 0 bridgehead atoms. The van der Waals surface area contributed by atoms with Crippen LogP contribution < -0.4 is 0 Å². The van der Waals surface area contributed by atoms with Gasteiger partial charge in [-0.3, -0.25) is 15.2 Å². The Balaban J connectivity index is 1.44. The van der Waals surface area contributed by atoms with Crippen molar-refractivity contribution in [1.82, 2.24) is 14.9 Å². The maximum Gasteiger partial charge on any atom is 0.104 e. The van der Waals surface area contributed by atoms with Gasteiger partial charge in [0.2, 0.25) is 0 Å². The van der Waals surface area contributed by atoms with Gasteiger partial charge in [-0.2, -0.15) is 5.06 Å². The molecule has 27 heavy (non-hydrogen) atoms. The third kappa shape index (κ3) is 5.96. The van der Waals surface area contributed by atoms with E-state index in [0.717, 1.165) is 37.9 Å². The van der Waals surface area contributed by atoms with Gasteiger partial charge in [0.05, 0.1) is 12.7 Å². The van der Waals surface area contributed by atoms with Gasteiger partial charge in [0.15, 0.2) is 0 Å². The molecule has 6 nitrogen and oxygen atoms in total. The molecule has 2 N–H and O–H groups in total. The Morgan fingerprint density at radius 2 is 2.00 bits per heavy atom. The van der Waals surface area contributed by atoms with Crippen molar-refractivity contribution in [1.29, 1.82) is 5.41 Å². The fourth-order valence-corrected chi connectivity index (χ4v) is 4.35. The maximum absolute atomic E-state index is 10.3. The molecular weight excluding hydrogens is 364 g/mol. The first kappa shape index (κ1) is 20.7. The minimum absolute atomic E-state index is 0.219. The lowest BCUT2D eigenvalue weighted by Gasteiger charge is -2.40. The number of hydroxylamine groups is 2. The van der Waals surface area contributed by atoms with Crippen molar-refractivity contribution in [2.45, 2.75) is 44.6 Å². The summed E-state index contributed by atoms with van der Waals surface area (Å²) in [6, 6.07) is 3.96. The highest BCUT2D eigenvalue weighted by Gasteiger charge is 2.38. The smallest absolute Gasteiger partial charge is 0.104 e. The summed E-state index contributed by atoms with van der Waals surface area (Å²) in [6.45, 7) is 4.60. The maximum atomic E-state index is 10.3. The number of rotatable bonds is 8. The van der Waals surface area contributed by atoms with Crippen molar-refractivity contribution in [3.05, 3.63) is 30.1 Å². The number of hydrogen-bond donors (Lipinski definition) is 2. The molecule has 150 valence electrons. The van der Waals surface area contributed by atoms with Crippen LogP contribution in [0.25, 0.3) is 0 Å². The van der Waals surface area contributed by atoms with Crippen LogP contribution in [0.4, 0.5) is 0 Å². The van der Waals surface area contributed by atoms with Crippen LogP contribution in [0.3, 0.4) is 0 Å². The Morgan fingerprint density at radius 1 is 1.26 bits per heavy atom. The molecule has 0 saturated carbocycles. The van der Waals surface area contributed by atoms with E-state index in [1.54, 1.807) is 6.20 Å². The second-order valence-electron chi connectivity index (χ2n) is 7.87. The number of aliphatic hydroxyl groups is 1. The van der Waals surface area contributed by atoms with Crippen LogP contribution in [0.15, 0.2) is 24.5 Å². The first-order valence-corrected chi connectivity index (χ1v) is 10.4. The second-order valence-corrected chi connectivity index (χ2v) is 8.25. The summed E-state index contributed by atoms with van der Waals surface area (Å²) in [5.74, 6) is 0. The summed E-state index contributed by atoms with van der Waals surface area (Å²) in [4.78, 5) is 12.3. The van der Waals surface area contributed by atoms with E-state index >= 15 is 0 Å². The SMILES string of the molecule is N=C(Cl)C1(Cc2cccnc2)CCN(OCC(O)CN2CCCCC2)CC1. The number of β-amino-alcohol motifs (C(OH)–C–C–N with tert-alkyl or cyclic N) is 1. The molecule has 1 aromatic heterocycles. The number of halogens is 1. The van der Waals surface area contributed by atoms with Gasteiger partial charge in [-0.1, -0.05) is 24.1 Å². The molecule has 2 aliphatic rings. The van der Waals surface area contributed by atoms with Gasteiger partial charge in [0.1, 0.15) is 5.17 Å². The molecule has 0 aromatic carbocycles. The summed E-state index contributed by atoms with van der Waals surface area (Å²) >= 11 is 6.21. The lowest BCUT2D eigenvalue weighted by atomic mass is 9.75. The van der Waals surface area contributed by atoms with E-state index in [2.05, 4.69) is 9.88 Å². The predicted octanol–water partition coefficient (Wildman–Crippen LogP) is 2.70. The Bertz CT molecular complexity index is 587. The molecule has 2 aliphatic heterocycles. The minimum Gasteiger partial charge on any atom is -0.389 e. The Morgan fingerprint density at radius 3 is 2.63 bits per heavy atom. The summed E-state index contributed by atoms with van der Waals surface area (Å²) in [7, 11) is 0. The van der Waals surface area contributed by atoms with Crippen LogP contribution in [0.5, 0.6) is 0 Å². The summed E-state index contributed by atoms with van der Waals surface area (Å²) in [5.41, 5.74) is 0.769. The van der Waals surface area contributed by atoms with Crippen molar-refractivity contribution in [3.8, 4) is 0 Å². The van der Waals surface area contributed by atoms with E-state index < -0.39 is 6.10 Å². The van der Waals surface area contributed by atoms with Gasteiger partial charge < -0.3 is 10.0 Å². The minimum atomic E-state index is -0.462. The van der Waals surface area contributed by atoms with E-state index in [1.807, 2.05) is 23.4 Å². The van der Waals surface area contributed by atoms with Crippen LogP contribution in [-0.2, 0) is 11.3 Å². The number of aliphatic hydroxyl groups excluding tert-OH is 1. The van der Waals surface area contributed by atoms with Crippen molar-refractivity contribution in [2.24, 2.45) is 5.41 Å². The Kier molecular flexibility index (Phi) is 7.61. The van der Waals surface area contributed by atoms with Gasteiger partial charge in [0.25, 0.3) is 0 Å². The molecule has 1 atom stereocenters. The zero-order chi connectivity index (χ0) is 19.1. The second kappa shape index (κ2) is 9.94. The van der Waals surface area contributed by atoms with Crippen LogP contribution in [-0.4, -0.2) is 70.7 Å². The molecule has 3 heterocycles. The van der Waals surface area contributed by atoms with E-state index in [9.17, 15) is 5.11 Å². The highest BCUT2D eigenvalue weighted by molar-refractivity contribution is 6.65. The molecule has 0 radical (unpaired) electrons. The molecule has 0 aliphatic carbocycles. The number of piperidine rings is 2. The Labute approximate surface area is 166 Å². The molecule has 2 fully saturated rings. The molecule has 1 aromatic rings. The van der Waals surface area contributed by atoms with Crippen LogP contribution >= 0.6 is 11.6 Å². The normalized spacial score (nSPS) is 22.4. The van der Waals surface area contributed by atoms with E-state index in [0.29, 0.717) is 26.2 Å². The van der Waals surface area contributed by atoms with Gasteiger partial charge >= 0.3 is 0 Å². The van der Waals surface area contributed by atoms with Crippen LogP contribution in [0, 0.1) is 10.8 Å². The number of nitrogens with one attached hydrogen (secondary N) is 1. The fourth-order valence-electron chi connectivity index (χ4n) is 4.09. The van der Waals surface area contributed by atoms with Gasteiger partial charge in [0, 0.05) is 37.4 Å². The highest BCUT2D eigenvalue weighted by atomic mass is 35.5. The van der Waals surface area contributed by atoms with Crippen molar-refractivity contribution < 1.29 is 9.94 Å². The quantitative estimate of drug-likeness (QED) is 0.663. The average Bonchev–Trinajstić information content (AvgIpc) is 2.69. The number of aromatic nitrogens is 1. The van der Waals surface area contributed by atoms with Crippen LogP contribution in [0.1, 0.15) is 37.7 Å². The zero-order valence-electron chi connectivity index (χ0n) is 15.9. The predicted molar refractivity (Wildman–Crippen MR) is 107 cm³/mol. The third-order valence-corrected chi connectivity index (χ3v) is 6.18. The first-order chi connectivity index (χ1) is 13.1. The molecule has 3 rings (SSSR count). The lowest BCUT2D eigenvalue weighted by Crippen LogP contribution is -2.45. The van der Waals surface area contributed by atoms with Gasteiger partial charge in [-0.15, -0.1) is 0 Å². The van der Waals surface area contributed by atoms with Gasteiger partial charge in [-0.25, -0.2) is 0 Å². The highest BCUT2D eigenvalue weighted by Crippen LogP contribution is 2.37. The first-order valence-electron chi connectivity index (χ1n) is 9.99. The Hall–Kier alpha value is -1.05. The largest absolute Gasteiger partial charge is 0.389 e.